The van der Waals surface area contributed by atoms with Gasteiger partial charge < -0.3 is 5.73 Å². The van der Waals surface area contributed by atoms with E-state index in [1.54, 1.807) is 11.3 Å². The van der Waals surface area contributed by atoms with Crippen LogP contribution in [-0.2, 0) is 0 Å². The van der Waals surface area contributed by atoms with Crippen molar-refractivity contribution in [2.75, 3.05) is 0 Å². The van der Waals surface area contributed by atoms with E-state index in [0.29, 0.717) is 10.9 Å². The maximum Gasteiger partial charge on any atom is 0.150 e. The SMILES string of the molecule is CC(C)c1cnc(C(N)=S)s1. The van der Waals surface area contributed by atoms with Crippen LogP contribution >= 0.6 is 23.6 Å². The maximum atomic E-state index is 5.41. The Labute approximate surface area is 75.4 Å². The third-order valence-corrected chi connectivity index (χ3v) is 2.96. The molecule has 1 aromatic rings. The zero-order valence-corrected chi connectivity index (χ0v) is 8.13. The van der Waals surface area contributed by atoms with Crippen LogP contribution in [0.3, 0.4) is 0 Å². The smallest absolute Gasteiger partial charge is 0.150 e. The first-order chi connectivity index (χ1) is 5.11. The number of thiocarbonyl (C=S) groups is 1. The number of nitrogens with zero attached hydrogens (tertiary/aromatic N) is 1. The molecule has 2 nitrogen and oxygen atoms in total. The molecule has 1 aromatic heterocycles. The van der Waals surface area contributed by atoms with E-state index < -0.39 is 0 Å². The molecule has 0 saturated heterocycles. The molecule has 0 radical (unpaired) electrons. The summed E-state index contributed by atoms with van der Waals surface area (Å²) in [6.07, 6.45) is 1.84. The first kappa shape index (κ1) is 8.62. The number of rotatable bonds is 2. The molecule has 0 aliphatic heterocycles. The predicted octanol–water partition coefficient (Wildman–Crippen LogP) is 1.90. The molecule has 0 aliphatic rings. The lowest BCUT2D eigenvalue weighted by atomic mass is 10.2. The average Bonchev–Trinajstić information content (AvgIpc) is 2.33. The number of aromatic nitrogens is 1. The van der Waals surface area contributed by atoms with Crippen LogP contribution in [0.15, 0.2) is 6.20 Å². The van der Waals surface area contributed by atoms with E-state index in [-0.39, 0.29) is 0 Å². The molecule has 0 aliphatic carbocycles. The Morgan fingerprint density at radius 3 is 2.64 bits per heavy atom. The molecule has 0 saturated carbocycles. The molecule has 0 atom stereocenters. The van der Waals surface area contributed by atoms with Crippen LogP contribution in [0.25, 0.3) is 0 Å². The van der Waals surface area contributed by atoms with Crippen molar-refractivity contribution in [2.24, 2.45) is 5.73 Å². The molecular formula is C7H10N2S2. The first-order valence-electron chi connectivity index (χ1n) is 3.36. The molecule has 4 heteroatoms. The molecule has 0 fully saturated rings. The molecule has 60 valence electrons. The van der Waals surface area contributed by atoms with Crippen molar-refractivity contribution in [1.82, 2.24) is 4.98 Å². The lowest BCUT2D eigenvalue weighted by Crippen LogP contribution is -2.07. The Morgan fingerprint density at radius 2 is 2.36 bits per heavy atom. The summed E-state index contributed by atoms with van der Waals surface area (Å²) in [6, 6.07) is 0. The molecule has 1 rings (SSSR count). The average molecular weight is 186 g/mol. The minimum Gasteiger partial charge on any atom is -0.387 e. The quantitative estimate of drug-likeness (QED) is 0.717. The van der Waals surface area contributed by atoms with Gasteiger partial charge in [0.1, 0.15) is 4.99 Å². The van der Waals surface area contributed by atoms with Gasteiger partial charge in [-0.2, -0.15) is 0 Å². The zero-order valence-electron chi connectivity index (χ0n) is 6.50. The minimum absolute atomic E-state index is 0.391. The number of thiazole rings is 1. The molecule has 1 heterocycles. The van der Waals surface area contributed by atoms with Gasteiger partial charge in [-0.15, -0.1) is 11.3 Å². The van der Waals surface area contributed by atoms with Crippen LogP contribution < -0.4 is 5.73 Å². The van der Waals surface area contributed by atoms with Gasteiger partial charge in [0.05, 0.1) is 0 Å². The molecule has 0 amide bonds. The summed E-state index contributed by atoms with van der Waals surface area (Å²) in [6.45, 7) is 4.24. The second-order valence-electron chi connectivity index (χ2n) is 2.59. The highest BCUT2D eigenvalue weighted by Crippen LogP contribution is 2.21. The number of nitrogens with two attached hydrogens (primary N) is 1. The van der Waals surface area contributed by atoms with Gasteiger partial charge in [-0.3, -0.25) is 0 Å². The van der Waals surface area contributed by atoms with Gasteiger partial charge >= 0.3 is 0 Å². The Balaban J connectivity index is 2.90. The van der Waals surface area contributed by atoms with Crippen LogP contribution in [0.5, 0.6) is 0 Å². The fraction of sp³-hybridized carbons (Fsp3) is 0.429. The standard InChI is InChI=1S/C7H10N2S2/c1-4(2)5-3-9-7(11-5)6(8)10/h3-4H,1-2H3,(H2,8,10). The Bertz CT molecular complexity index is 265. The van der Waals surface area contributed by atoms with E-state index in [1.165, 1.54) is 4.88 Å². The van der Waals surface area contributed by atoms with E-state index in [0.717, 1.165) is 5.01 Å². The molecule has 0 spiro atoms. The highest BCUT2D eigenvalue weighted by atomic mass is 32.1. The van der Waals surface area contributed by atoms with Gasteiger partial charge in [-0.25, -0.2) is 4.98 Å². The maximum absolute atomic E-state index is 5.41. The fourth-order valence-electron chi connectivity index (χ4n) is 0.667. The highest BCUT2D eigenvalue weighted by Gasteiger charge is 2.06. The Hall–Kier alpha value is -0.480. The Kier molecular flexibility index (Phi) is 2.57. The van der Waals surface area contributed by atoms with Gasteiger partial charge in [0.25, 0.3) is 0 Å². The normalized spacial score (nSPS) is 10.5. The van der Waals surface area contributed by atoms with E-state index in [2.05, 4.69) is 18.8 Å². The van der Waals surface area contributed by atoms with Gasteiger partial charge in [-0.1, -0.05) is 26.1 Å². The van der Waals surface area contributed by atoms with Crippen LogP contribution in [0.1, 0.15) is 29.7 Å². The third kappa shape index (κ3) is 1.97. The molecule has 2 N–H and O–H groups in total. The molecule has 11 heavy (non-hydrogen) atoms. The lowest BCUT2D eigenvalue weighted by Gasteiger charge is -1.95. The number of hydrogen-bond donors (Lipinski definition) is 1. The molecule has 0 unspecified atom stereocenters. The van der Waals surface area contributed by atoms with E-state index >= 15 is 0 Å². The predicted molar refractivity (Wildman–Crippen MR) is 52.1 cm³/mol. The van der Waals surface area contributed by atoms with Crippen molar-refractivity contribution in [3.8, 4) is 0 Å². The van der Waals surface area contributed by atoms with Gasteiger partial charge in [0.15, 0.2) is 5.01 Å². The summed E-state index contributed by atoms with van der Waals surface area (Å²) in [5.41, 5.74) is 5.41. The van der Waals surface area contributed by atoms with Crippen LogP contribution in [0.4, 0.5) is 0 Å². The summed E-state index contributed by atoms with van der Waals surface area (Å²) < 4.78 is 0. The zero-order chi connectivity index (χ0) is 8.43. The second-order valence-corrected chi connectivity index (χ2v) is 4.09. The van der Waals surface area contributed by atoms with Crippen molar-refractivity contribution in [3.63, 3.8) is 0 Å². The summed E-state index contributed by atoms with van der Waals surface area (Å²) in [5, 5.41) is 0.767. The monoisotopic (exact) mass is 186 g/mol. The second kappa shape index (κ2) is 3.28. The van der Waals surface area contributed by atoms with E-state index in [9.17, 15) is 0 Å². The summed E-state index contributed by atoms with van der Waals surface area (Å²) >= 11 is 6.36. The lowest BCUT2D eigenvalue weighted by molar-refractivity contribution is 0.885. The van der Waals surface area contributed by atoms with E-state index in [1.807, 2.05) is 6.20 Å². The summed E-state index contributed by atoms with van der Waals surface area (Å²) in [4.78, 5) is 5.71. The summed E-state index contributed by atoms with van der Waals surface area (Å²) in [7, 11) is 0. The van der Waals surface area contributed by atoms with Crippen molar-refractivity contribution in [1.29, 1.82) is 0 Å². The van der Waals surface area contributed by atoms with Crippen molar-refractivity contribution >= 4 is 28.5 Å². The third-order valence-electron chi connectivity index (χ3n) is 1.30. The van der Waals surface area contributed by atoms with Crippen molar-refractivity contribution in [3.05, 3.63) is 16.1 Å². The van der Waals surface area contributed by atoms with Crippen LogP contribution in [0, 0.1) is 0 Å². The largest absolute Gasteiger partial charge is 0.387 e. The van der Waals surface area contributed by atoms with Crippen LogP contribution in [-0.4, -0.2) is 9.97 Å². The first-order valence-corrected chi connectivity index (χ1v) is 4.59. The number of hydrogen-bond acceptors (Lipinski definition) is 3. The highest BCUT2D eigenvalue weighted by molar-refractivity contribution is 7.81. The molecule has 0 bridgehead atoms. The van der Waals surface area contributed by atoms with E-state index in [4.69, 9.17) is 18.0 Å². The Morgan fingerprint density at radius 1 is 1.73 bits per heavy atom. The van der Waals surface area contributed by atoms with Crippen molar-refractivity contribution in [2.45, 2.75) is 19.8 Å². The molecule has 0 aromatic carbocycles. The fourth-order valence-corrected chi connectivity index (χ4v) is 1.62. The van der Waals surface area contributed by atoms with Gasteiger partial charge in [0, 0.05) is 11.1 Å². The van der Waals surface area contributed by atoms with Crippen LogP contribution in [0.2, 0.25) is 0 Å². The minimum atomic E-state index is 0.391. The summed E-state index contributed by atoms with van der Waals surface area (Å²) in [5.74, 6) is 0.510. The van der Waals surface area contributed by atoms with Crippen molar-refractivity contribution < 1.29 is 0 Å². The van der Waals surface area contributed by atoms with Gasteiger partial charge in [0.2, 0.25) is 0 Å². The molecular weight excluding hydrogens is 176 g/mol. The van der Waals surface area contributed by atoms with Gasteiger partial charge in [-0.05, 0) is 5.92 Å². The topological polar surface area (TPSA) is 38.9 Å².